The molecule has 6 N–H and O–H groups in total. The topological polar surface area (TPSA) is 137 Å². The van der Waals surface area contributed by atoms with Crippen LogP contribution in [0.2, 0.25) is 0 Å². The molecule has 2 aromatic rings. The van der Waals surface area contributed by atoms with Gasteiger partial charge in [-0.05, 0) is 24.0 Å². The summed E-state index contributed by atoms with van der Waals surface area (Å²) in [5.74, 6) is -2.34. The molecular formula is C19H26N4O4. The molecule has 27 heavy (non-hydrogen) atoms. The van der Waals surface area contributed by atoms with E-state index < -0.39 is 29.9 Å². The first kappa shape index (κ1) is 20.4. The lowest BCUT2D eigenvalue weighted by Gasteiger charge is -2.20. The average molecular weight is 374 g/mol. The highest BCUT2D eigenvalue weighted by molar-refractivity contribution is 5.90. The normalized spacial score (nSPS) is 14.3. The Morgan fingerprint density at radius 3 is 2.63 bits per heavy atom. The number of hydrogen-bond donors (Lipinski definition) is 5. The number of carboxylic acids is 1. The Kier molecular flexibility index (Phi) is 6.95. The Hall–Kier alpha value is -2.87. The van der Waals surface area contributed by atoms with Gasteiger partial charge in [-0.1, -0.05) is 38.5 Å². The lowest BCUT2D eigenvalue weighted by atomic mass is 9.99. The van der Waals surface area contributed by atoms with Crippen molar-refractivity contribution in [1.29, 1.82) is 0 Å². The Labute approximate surface area is 157 Å². The van der Waals surface area contributed by atoms with Crippen molar-refractivity contribution in [2.45, 2.75) is 38.8 Å². The summed E-state index contributed by atoms with van der Waals surface area (Å²) in [4.78, 5) is 38.5. The predicted octanol–water partition coefficient (Wildman–Crippen LogP) is 0.769. The van der Waals surface area contributed by atoms with Crippen molar-refractivity contribution in [2.75, 3.05) is 6.54 Å². The summed E-state index contributed by atoms with van der Waals surface area (Å²) in [6.07, 6.45) is 2.75. The Morgan fingerprint density at radius 1 is 1.26 bits per heavy atom. The number of hydrogen-bond acceptors (Lipinski definition) is 4. The largest absolute Gasteiger partial charge is 0.480 e. The summed E-state index contributed by atoms with van der Waals surface area (Å²) in [6, 6.07) is 5.90. The fourth-order valence-corrected chi connectivity index (χ4v) is 2.84. The van der Waals surface area contributed by atoms with Crippen LogP contribution in [0.4, 0.5) is 0 Å². The van der Waals surface area contributed by atoms with Crippen LogP contribution in [-0.2, 0) is 20.8 Å². The number of amides is 2. The molecule has 0 aliphatic carbocycles. The highest BCUT2D eigenvalue weighted by atomic mass is 16.4. The van der Waals surface area contributed by atoms with Crippen molar-refractivity contribution >= 4 is 28.7 Å². The van der Waals surface area contributed by atoms with Crippen LogP contribution in [0.15, 0.2) is 30.5 Å². The van der Waals surface area contributed by atoms with Gasteiger partial charge in [-0.25, -0.2) is 4.79 Å². The molecule has 1 aromatic heterocycles. The number of rotatable bonds is 9. The summed E-state index contributed by atoms with van der Waals surface area (Å²) >= 11 is 0. The number of fused-ring (bicyclic) bond motifs is 1. The highest BCUT2D eigenvalue weighted by Gasteiger charge is 2.25. The van der Waals surface area contributed by atoms with Gasteiger partial charge in [0.1, 0.15) is 6.04 Å². The molecule has 8 heteroatoms. The van der Waals surface area contributed by atoms with Crippen LogP contribution in [0.1, 0.15) is 25.8 Å². The van der Waals surface area contributed by atoms with Gasteiger partial charge in [0, 0.05) is 17.1 Å². The molecule has 146 valence electrons. The van der Waals surface area contributed by atoms with E-state index in [9.17, 15) is 19.5 Å². The molecule has 0 fully saturated rings. The SMILES string of the molecule is CCC(C)C(NC(=O)CNC(=O)C(N)Cc1c[nH]c2ccccc12)C(=O)O. The van der Waals surface area contributed by atoms with Crippen LogP contribution in [0.25, 0.3) is 10.9 Å². The highest BCUT2D eigenvalue weighted by Crippen LogP contribution is 2.18. The monoisotopic (exact) mass is 374 g/mol. The average Bonchev–Trinajstić information content (AvgIpc) is 3.06. The van der Waals surface area contributed by atoms with Gasteiger partial charge in [-0.3, -0.25) is 9.59 Å². The van der Waals surface area contributed by atoms with Crippen LogP contribution >= 0.6 is 0 Å². The van der Waals surface area contributed by atoms with Crippen LogP contribution in [0.5, 0.6) is 0 Å². The summed E-state index contributed by atoms with van der Waals surface area (Å²) in [7, 11) is 0. The van der Waals surface area contributed by atoms with E-state index >= 15 is 0 Å². The third-order valence-corrected chi connectivity index (χ3v) is 4.67. The molecule has 0 saturated heterocycles. The van der Waals surface area contributed by atoms with Gasteiger partial charge in [0.05, 0.1) is 12.6 Å². The second-order valence-electron chi connectivity index (χ2n) is 6.66. The van der Waals surface area contributed by atoms with Crippen LogP contribution in [0.3, 0.4) is 0 Å². The lowest BCUT2D eigenvalue weighted by molar-refractivity contribution is -0.143. The molecular weight excluding hydrogens is 348 g/mol. The smallest absolute Gasteiger partial charge is 0.326 e. The minimum absolute atomic E-state index is 0.216. The third-order valence-electron chi connectivity index (χ3n) is 4.67. The fourth-order valence-electron chi connectivity index (χ4n) is 2.84. The standard InChI is InChI=1S/C19H26N4O4/c1-3-11(2)17(19(26)27)23-16(24)10-22-18(25)14(20)8-12-9-21-15-7-5-4-6-13(12)15/h4-7,9,11,14,17,21H,3,8,10,20H2,1-2H3,(H,22,25)(H,23,24)(H,26,27). The minimum atomic E-state index is -1.10. The first-order valence-electron chi connectivity index (χ1n) is 8.93. The minimum Gasteiger partial charge on any atom is -0.480 e. The Bertz CT molecular complexity index is 817. The van der Waals surface area contributed by atoms with Crippen LogP contribution < -0.4 is 16.4 Å². The van der Waals surface area contributed by atoms with E-state index in [-0.39, 0.29) is 12.5 Å². The first-order chi connectivity index (χ1) is 12.8. The lowest BCUT2D eigenvalue weighted by Crippen LogP contribution is -2.50. The van der Waals surface area contributed by atoms with Crippen molar-refractivity contribution in [2.24, 2.45) is 11.7 Å². The number of carbonyl (C=O) groups excluding carboxylic acids is 2. The van der Waals surface area contributed by atoms with E-state index in [2.05, 4.69) is 15.6 Å². The molecule has 3 atom stereocenters. The number of aromatic nitrogens is 1. The maximum absolute atomic E-state index is 12.2. The summed E-state index contributed by atoms with van der Waals surface area (Å²) in [5, 5.41) is 15.1. The third kappa shape index (κ3) is 5.30. The predicted molar refractivity (Wildman–Crippen MR) is 102 cm³/mol. The molecule has 2 rings (SSSR count). The molecule has 0 aliphatic heterocycles. The van der Waals surface area contributed by atoms with Gasteiger partial charge >= 0.3 is 5.97 Å². The zero-order valence-electron chi connectivity index (χ0n) is 15.5. The number of aliphatic carboxylic acids is 1. The molecule has 0 spiro atoms. The van der Waals surface area contributed by atoms with E-state index in [0.29, 0.717) is 12.8 Å². The number of aromatic amines is 1. The van der Waals surface area contributed by atoms with Crippen molar-refractivity contribution in [3.8, 4) is 0 Å². The van der Waals surface area contributed by atoms with Crippen molar-refractivity contribution in [3.05, 3.63) is 36.0 Å². The summed E-state index contributed by atoms with van der Waals surface area (Å²) in [5.41, 5.74) is 7.83. The van der Waals surface area contributed by atoms with Crippen molar-refractivity contribution in [3.63, 3.8) is 0 Å². The summed E-state index contributed by atoms with van der Waals surface area (Å²) < 4.78 is 0. The van der Waals surface area contributed by atoms with E-state index in [1.54, 1.807) is 6.92 Å². The maximum Gasteiger partial charge on any atom is 0.326 e. The van der Waals surface area contributed by atoms with Crippen molar-refractivity contribution in [1.82, 2.24) is 15.6 Å². The Balaban J connectivity index is 1.87. The fraction of sp³-hybridized carbons (Fsp3) is 0.421. The van der Waals surface area contributed by atoms with E-state index in [0.717, 1.165) is 16.5 Å². The van der Waals surface area contributed by atoms with Gasteiger partial charge in [-0.2, -0.15) is 0 Å². The molecule has 1 heterocycles. The quantitative estimate of drug-likeness (QED) is 0.441. The molecule has 0 bridgehead atoms. The first-order valence-corrected chi connectivity index (χ1v) is 8.93. The van der Waals surface area contributed by atoms with Gasteiger partial charge in [0.15, 0.2) is 0 Å². The second kappa shape index (κ2) is 9.18. The zero-order valence-corrected chi connectivity index (χ0v) is 15.5. The number of para-hydroxylation sites is 1. The number of H-pyrrole nitrogens is 1. The van der Waals surface area contributed by atoms with E-state index in [4.69, 9.17) is 5.73 Å². The van der Waals surface area contributed by atoms with Crippen molar-refractivity contribution < 1.29 is 19.5 Å². The van der Waals surface area contributed by atoms with Crippen LogP contribution in [0, 0.1) is 5.92 Å². The van der Waals surface area contributed by atoms with Gasteiger partial charge < -0.3 is 26.5 Å². The zero-order chi connectivity index (χ0) is 20.0. The molecule has 0 saturated carbocycles. The second-order valence-corrected chi connectivity index (χ2v) is 6.66. The number of carbonyl (C=O) groups is 3. The number of benzene rings is 1. The number of nitrogens with one attached hydrogen (secondary N) is 3. The number of nitrogens with two attached hydrogens (primary N) is 1. The van der Waals surface area contributed by atoms with E-state index in [1.807, 2.05) is 37.4 Å². The maximum atomic E-state index is 12.2. The molecule has 1 aromatic carbocycles. The molecule has 2 amide bonds. The van der Waals surface area contributed by atoms with Gasteiger partial charge in [0.2, 0.25) is 11.8 Å². The molecule has 0 aliphatic rings. The summed E-state index contributed by atoms with van der Waals surface area (Å²) in [6.45, 7) is 3.27. The van der Waals surface area contributed by atoms with Gasteiger partial charge in [0.25, 0.3) is 0 Å². The van der Waals surface area contributed by atoms with E-state index in [1.165, 1.54) is 0 Å². The molecule has 3 unspecified atom stereocenters. The number of carboxylic acid groups (broad SMARTS) is 1. The molecule has 0 radical (unpaired) electrons. The van der Waals surface area contributed by atoms with Crippen LogP contribution in [-0.4, -0.2) is 46.5 Å². The van der Waals surface area contributed by atoms with Gasteiger partial charge in [-0.15, -0.1) is 0 Å². The Morgan fingerprint density at radius 2 is 1.96 bits per heavy atom. The molecule has 8 nitrogen and oxygen atoms in total.